The summed E-state index contributed by atoms with van der Waals surface area (Å²) in [6.07, 6.45) is 15.2. The third kappa shape index (κ3) is 9.59. The summed E-state index contributed by atoms with van der Waals surface area (Å²) in [5.74, 6) is 1.00. The topological polar surface area (TPSA) is 61.8 Å². The minimum Gasteiger partial charge on any atom is -0.463 e. The summed E-state index contributed by atoms with van der Waals surface area (Å²) in [6.45, 7) is 0.297. The molecule has 2 fully saturated rings. The minimum atomic E-state index is -0.387. The van der Waals surface area contributed by atoms with E-state index in [4.69, 9.17) is 14.2 Å². The number of esters is 2. The van der Waals surface area contributed by atoms with Crippen LogP contribution < -0.4 is 0 Å². The van der Waals surface area contributed by atoms with Crippen molar-refractivity contribution in [3.63, 3.8) is 0 Å². The normalized spacial score (nSPS) is 19.2. The van der Waals surface area contributed by atoms with E-state index in [1.54, 1.807) is 7.11 Å². The van der Waals surface area contributed by atoms with Gasteiger partial charge in [0.1, 0.15) is 19.3 Å². The van der Waals surface area contributed by atoms with Gasteiger partial charge in [0.15, 0.2) is 0 Å². The van der Waals surface area contributed by atoms with E-state index in [1.807, 2.05) is 0 Å². The average molecular weight is 383 g/mol. The fourth-order valence-corrected chi connectivity index (χ4v) is 4.30. The molecule has 5 nitrogen and oxygen atoms in total. The zero-order valence-electron chi connectivity index (χ0n) is 17.1. The zero-order valence-corrected chi connectivity index (χ0v) is 17.1. The van der Waals surface area contributed by atoms with Crippen LogP contribution in [0.4, 0.5) is 0 Å². The number of hydrogen-bond acceptors (Lipinski definition) is 5. The van der Waals surface area contributed by atoms with Gasteiger partial charge in [-0.15, -0.1) is 0 Å². The van der Waals surface area contributed by atoms with Crippen LogP contribution in [0.5, 0.6) is 0 Å². The Morgan fingerprint density at radius 3 is 1.52 bits per heavy atom. The van der Waals surface area contributed by atoms with Gasteiger partial charge in [0, 0.05) is 20.0 Å². The lowest BCUT2D eigenvalue weighted by molar-refractivity contribution is -0.154. The molecular weight excluding hydrogens is 344 g/mol. The third-order valence-corrected chi connectivity index (χ3v) is 6.16. The molecule has 0 spiro atoms. The summed E-state index contributed by atoms with van der Waals surface area (Å²) >= 11 is 0. The molecule has 27 heavy (non-hydrogen) atoms. The van der Waals surface area contributed by atoms with Gasteiger partial charge in [-0.05, 0) is 24.7 Å². The molecule has 0 aromatic rings. The SMILES string of the molecule is COC(COC(=O)CCC1CCCCC1)COC(=O)CCC1CCCCC1. The Bertz CT molecular complexity index is 386. The molecule has 0 atom stereocenters. The first-order valence-corrected chi connectivity index (χ1v) is 11.0. The van der Waals surface area contributed by atoms with E-state index in [0.29, 0.717) is 24.7 Å². The lowest BCUT2D eigenvalue weighted by Crippen LogP contribution is -2.27. The van der Waals surface area contributed by atoms with Crippen LogP contribution >= 0.6 is 0 Å². The van der Waals surface area contributed by atoms with Crippen LogP contribution in [-0.4, -0.2) is 38.4 Å². The first kappa shape index (κ1) is 22.2. The fourth-order valence-electron chi connectivity index (χ4n) is 4.30. The lowest BCUT2D eigenvalue weighted by atomic mass is 9.86. The molecular formula is C22H38O5. The molecule has 0 saturated heterocycles. The van der Waals surface area contributed by atoms with Crippen LogP contribution in [0.2, 0.25) is 0 Å². The average Bonchev–Trinajstić information content (AvgIpc) is 2.72. The second-order valence-electron chi connectivity index (χ2n) is 8.31. The quantitative estimate of drug-likeness (QED) is 0.480. The van der Waals surface area contributed by atoms with Gasteiger partial charge in [-0.2, -0.15) is 0 Å². The highest BCUT2D eigenvalue weighted by molar-refractivity contribution is 5.69. The van der Waals surface area contributed by atoms with Crippen molar-refractivity contribution < 1.29 is 23.8 Å². The van der Waals surface area contributed by atoms with Crippen molar-refractivity contribution in [3.05, 3.63) is 0 Å². The van der Waals surface area contributed by atoms with E-state index >= 15 is 0 Å². The van der Waals surface area contributed by atoms with E-state index in [0.717, 1.165) is 12.8 Å². The van der Waals surface area contributed by atoms with E-state index in [2.05, 4.69) is 0 Å². The summed E-state index contributed by atoms with van der Waals surface area (Å²) in [5, 5.41) is 0. The smallest absolute Gasteiger partial charge is 0.305 e. The van der Waals surface area contributed by atoms with Crippen molar-refractivity contribution >= 4 is 11.9 Å². The third-order valence-electron chi connectivity index (χ3n) is 6.16. The summed E-state index contributed by atoms with van der Waals surface area (Å²) in [5.41, 5.74) is 0. The standard InChI is InChI=1S/C22H38O5/c1-25-20(16-26-21(23)14-12-18-8-4-2-5-9-18)17-27-22(24)15-13-19-10-6-3-7-11-19/h18-20H,2-17H2,1H3. The summed E-state index contributed by atoms with van der Waals surface area (Å²) in [4.78, 5) is 23.9. The molecule has 0 heterocycles. The van der Waals surface area contributed by atoms with Crippen LogP contribution in [0, 0.1) is 11.8 Å². The van der Waals surface area contributed by atoms with Crippen LogP contribution in [0.25, 0.3) is 0 Å². The Morgan fingerprint density at radius 2 is 1.15 bits per heavy atom. The van der Waals surface area contributed by atoms with Crippen LogP contribution in [0.3, 0.4) is 0 Å². The number of methoxy groups -OCH3 is 1. The van der Waals surface area contributed by atoms with E-state index in [-0.39, 0.29) is 31.3 Å². The molecule has 0 aromatic heterocycles. The molecule has 0 bridgehead atoms. The van der Waals surface area contributed by atoms with Crippen molar-refractivity contribution in [1.29, 1.82) is 0 Å². The number of carbonyl (C=O) groups is 2. The van der Waals surface area contributed by atoms with E-state index < -0.39 is 0 Å². The Kier molecular flexibility index (Phi) is 10.8. The van der Waals surface area contributed by atoms with Gasteiger partial charge in [-0.3, -0.25) is 9.59 Å². The Balaban J connectivity index is 1.53. The van der Waals surface area contributed by atoms with E-state index in [1.165, 1.54) is 64.2 Å². The fraction of sp³-hybridized carbons (Fsp3) is 0.909. The van der Waals surface area contributed by atoms with Crippen molar-refractivity contribution in [2.45, 2.75) is 96.0 Å². The Hall–Kier alpha value is -1.10. The van der Waals surface area contributed by atoms with Crippen molar-refractivity contribution in [3.8, 4) is 0 Å². The molecule has 0 aliphatic heterocycles. The lowest BCUT2D eigenvalue weighted by Gasteiger charge is -2.21. The first-order valence-electron chi connectivity index (χ1n) is 11.0. The highest BCUT2D eigenvalue weighted by Gasteiger charge is 2.19. The molecule has 0 N–H and O–H groups in total. The highest BCUT2D eigenvalue weighted by atomic mass is 16.6. The summed E-state index contributed by atoms with van der Waals surface area (Å²) in [6, 6.07) is 0. The molecule has 0 unspecified atom stereocenters. The molecule has 2 saturated carbocycles. The zero-order chi connectivity index (χ0) is 19.3. The molecule has 0 radical (unpaired) electrons. The highest BCUT2D eigenvalue weighted by Crippen LogP contribution is 2.28. The second-order valence-corrected chi connectivity index (χ2v) is 8.31. The maximum Gasteiger partial charge on any atom is 0.305 e. The second kappa shape index (κ2) is 13.1. The number of carbonyl (C=O) groups excluding carboxylic acids is 2. The van der Waals surface area contributed by atoms with E-state index in [9.17, 15) is 9.59 Å². The predicted octanol–water partition coefficient (Wildman–Crippen LogP) is 4.81. The minimum absolute atomic E-state index is 0.149. The summed E-state index contributed by atoms with van der Waals surface area (Å²) < 4.78 is 15.9. The van der Waals surface area contributed by atoms with Gasteiger partial charge >= 0.3 is 11.9 Å². The summed E-state index contributed by atoms with van der Waals surface area (Å²) in [7, 11) is 1.55. The predicted molar refractivity (Wildman–Crippen MR) is 104 cm³/mol. The van der Waals surface area contributed by atoms with Gasteiger partial charge in [0.2, 0.25) is 0 Å². The largest absolute Gasteiger partial charge is 0.463 e. The Labute approximate surface area is 164 Å². The first-order chi connectivity index (χ1) is 13.2. The number of rotatable bonds is 11. The van der Waals surface area contributed by atoms with Gasteiger partial charge < -0.3 is 14.2 Å². The monoisotopic (exact) mass is 382 g/mol. The maximum absolute atomic E-state index is 11.9. The maximum atomic E-state index is 11.9. The van der Waals surface area contributed by atoms with Crippen LogP contribution in [0.15, 0.2) is 0 Å². The Morgan fingerprint density at radius 1 is 0.741 bits per heavy atom. The number of hydrogen-bond donors (Lipinski definition) is 0. The van der Waals surface area contributed by atoms with Crippen molar-refractivity contribution in [1.82, 2.24) is 0 Å². The van der Waals surface area contributed by atoms with Crippen molar-refractivity contribution in [2.24, 2.45) is 11.8 Å². The molecule has 5 heteroatoms. The molecule has 2 rings (SSSR count). The van der Waals surface area contributed by atoms with Crippen molar-refractivity contribution in [2.75, 3.05) is 20.3 Å². The van der Waals surface area contributed by atoms with Gasteiger partial charge in [-0.1, -0.05) is 64.2 Å². The van der Waals surface area contributed by atoms with Crippen LogP contribution in [0.1, 0.15) is 89.9 Å². The van der Waals surface area contributed by atoms with Gasteiger partial charge in [0.25, 0.3) is 0 Å². The molecule has 0 amide bonds. The van der Waals surface area contributed by atoms with Gasteiger partial charge in [0.05, 0.1) is 0 Å². The van der Waals surface area contributed by atoms with Gasteiger partial charge in [-0.25, -0.2) is 0 Å². The number of ether oxygens (including phenoxy) is 3. The molecule has 2 aliphatic carbocycles. The molecule has 0 aromatic carbocycles. The molecule has 156 valence electrons. The van der Waals surface area contributed by atoms with Crippen LogP contribution in [-0.2, 0) is 23.8 Å². The molecule has 2 aliphatic rings.